The minimum atomic E-state index is -0.475. The first kappa shape index (κ1) is 9.99. The fourth-order valence-corrected chi connectivity index (χ4v) is 0.991. The molecule has 0 fully saturated rings. The van der Waals surface area contributed by atoms with Gasteiger partial charge in [-0.2, -0.15) is 0 Å². The summed E-state index contributed by atoms with van der Waals surface area (Å²) in [7, 11) is 0. The summed E-state index contributed by atoms with van der Waals surface area (Å²) in [6, 6.07) is 3.53. The number of aliphatic hydroxyl groups excluding tert-OH is 1. The molecule has 0 amide bonds. The molecule has 0 aliphatic rings. The lowest BCUT2D eigenvalue weighted by molar-refractivity contribution is 0.196. The number of nitrogens with zero attached hydrogens (tertiary/aromatic N) is 1. The van der Waals surface area contributed by atoms with Crippen molar-refractivity contribution < 1.29 is 9.84 Å². The van der Waals surface area contributed by atoms with Crippen molar-refractivity contribution in [1.82, 2.24) is 4.98 Å². The second-order valence-electron chi connectivity index (χ2n) is 3.27. The van der Waals surface area contributed by atoms with Crippen molar-refractivity contribution in [2.45, 2.75) is 33.0 Å². The Hall–Kier alpha value is -1.09. The molecule has 0 aliphatic carbocycles. The topological polar surface area (TPSA) is 42.4 Å². The molecule has 0 spiro atoms. The van der Waals surface area contributed by atoms with Crippen LogP contribution in [0.5, 0.6) is 5.88 Å². The van der Waals surface area contributed by atoms with E-state index in [2.05, 4.69) is 4.98 Å². The minimum absolute atomic E-state index is 0.108. The average molecular weight is 181 g/mol. The van der Waals surface area contributed by atoms with Gasteiger partial charge in [-0.1, -0.05) is 0 Å². The number of aliphatic hydroxyl groups is 1. The third-order valence-corrected chi connectivity index (χ3v) is 1.60. The summed E-state index contributed by atoms with van der Waals surface area (Å²) in [6.07, 6.45) is 1.27. The van der Waals surface area contributed by atoms with E-state index >= 15 is 0 Å². The maximum absolute atomic E-state index is 9.30. The molecule has 1 unspecified atom stereocenters. The number of aromatic nitrogens is 1. The normalized spacial score (nSPS) is 13.0. The molecular weight excluding hydrogens is 166 g/mol. The minimum Gasteiger partial charge on any atom is -0.475 e. The summed E-state index contributed by atoms with van der Waals surface area (Å²) in [5, 5.41) is 9.30. The van der Waals surface area contributed by atoms with Gasteiger partial charge in [0, 0.05) is 12.3 Å². The molecule has 1 aromatic heterocycles. The van der Waals surface area contributed by atoms with E-state index in [-0.39, 0.29) is 6.10 Å². The van der Waals surface area contributed by atoms with E-state index in [1.54, 1.807) is 25.3 Å². The summed E-state index contributed by atoms with van der Waals surface area (Å²) in [6.45, 7) is 5.60. The molecule has 1 aromatic rings. The molecule has 72 valence electrons. The molecule has 0 radical (unpaired) electrons. The van der Waals surface area contributed by atoms with Crippen LogP contribution in [0.3, 0.4) is 0 Å². The van der Waals surface area contributed by atoms with Crippen LogP contribution >= 0.6 is 0 Å². The highest BCUT2D eigenvalue weighted by Crippen LogP contribution is 2.16. The number of ether oxygens (including phenoxy) is 1. The monoisotopic (exact) mass is 181 g/mol. The number of hydrogen-bond acceptors (Lipinski definition) is 3. The molecule has 0 saturated heterocycles. The SMILES string of the molecule is CC(C)Oc1cc(C(C)O)ccn1. The smallest absolute Gasteiger partial charge is 0.213 e. The maximum atomic E-state index is 9.30. The zero-order chi connectivity index (χ0) is 9.84. The van der Waals surface area contributed by atoms with Gasteiger partial charge < -0.3 is 9.84 Å². The van der Waals surface area contributed by atoms with Gasteiger partial charge in [0.15, 0.2) is 0 Å². The molecule has 1 rings (SSSR count). The van der Waals surface area contributed by atoms with Crippen molar-refractivity contribution in [1.29, 1.82) is 0 Å². The van der Waals surface area contributed by atoms with Crippen LogP contribution < -0.4 is 4.74 Å². The van der Waals surface area contributed by atoms with Crippen LogP contribution in [0.15, 0.2) is 18.3 Å². The summed E-state index contributed by atoms with van der Waals surface area (Å²) in [5.41, 5.74) is 0.825. The number of hydrogen-bond donors (Lipinski definition) is 1. The molecular formula is C10H15NO2. The highest BCUT2D eigenvalue weighted by Gasteiger charge is 2.04. The fourth-order valence-electron chi connectivity index (χ4n) is 0.991. The van der Waals surface area contributed by atoms with E-state index < -0.39 is 6.10 Å². The highest BCUT2D eigenvalue weighted by atomic mass is 16.5. The van der Waals surface area contributed by atoms with Crippen LogP contribution in [-0.4, -0.2) is 16.2 Å². The Morgan fingerprint density at radius 1 is 1.38 bits per heavy atom. The van der Waals surface area contributed by atoms with Crippen LogP contribution in [0.1, 0.15) is 32.4 Å². The zero-order valence-electron chi connectivity index (χ0n) is 8.19. The molecule has 0 aromatic carbocycles. The van der Waals surface area contributed by atoms with Gasteiger partial charge in [0.1, 0.15) is 0 Å². The molecule has 1 atom stereocenters. The van der Waals surface area contributed by atoms with Crippen molar-refractivity contribution in [2.75, 3.05) is 0 Å². The predicted molar refractivity (Wildman–Crippen MR) is 50.6 cm³/mol. The largest absolute Gasteiger partial charge is 0.475 e. The van der Waals surface area contributed by atoms with Crippen LogP contribution in [0.2, 0.25) is 0 Å². The van der Waals surface area contributed by atoms with Crippen LogP contribution in [-0.2, 0) is 0 Å². The van der Waals surface area contributed by atoms with Gasteiger partial charge in [-0.3, -0.25) is 0 Å². The van der Waals surface area contributed by atoms with Gasteiger partial charge in [0.05, 0.1) is 12.2 Å². The molecule has 1 N–H and O–H groups in total. The summed E-state index contributed by atoms with van der Waals surface area (Å²) in [5.74, 6) is 0.563. The lowest BCUT2D eigenvalue weighted by atomic mass is 10.2. The zero-order valence-corrected chi connectivity index (χ0v) is 8.19. The van der Waals surface area contributed by atoms with E-state index in [0.29, 0.717) is 5.88 Å². The molecule has 0 saturated carbocycles. The van der Waals surface area contributed by atoms with Gasteiger partial charge in [-0.05, 0) is 32.4 Å². The van der Waals surface area contributed by atoms with Crippen molar-refractivity contribution in [2.24, 2.45) is 0 Å². The Bertz CT molecular complexity index is 271. The van der Waals surface area contributed by atoms with E-state index in [9.17, 15) is 5.11 Å². The van der Waals surface area contributed by atoms with Crippen LogP contribution in [0.4, 0.5) is 0 Å². The lowest BCUT2D eigenvalue weighted by Crippen LogP contribution is -2.07. The van der Waals surface area contributed by atoms with Crippen molar-refractivity contribution in [3.63, 3.8) is 0 Å². The van der Waals surface area contributed by atoms with Gasteiger partial charge >= 0.3 is 0 Å². The fraction of sp³-hybridized carbons (Fsp3) is 0.500. The van der Waals surface area contributed by atoms with Crippen molar-refractivity contribution >= 4 is 0 Å². The van der Waals surface area contributed by atoms with Gasteiger partial charge in [-0.25, -0.2) is 4.98 Å². The van der Waals surface area contributed by atoms with E-state index in [1.165, 1.54) is 0 Å². The van der Waals surface area contributed by atoms with E-state index in [1.807, 2.05) is 13.8 Å². The second-order valence-corrected chi connectivity index (χ2v) is 3.27. The average Bonchev–Trinajstić information content (AvgIpc) is 2.03. The highest BCUT2D eigenvalue weighted by molar-refractivity contribution is 5.22. The van der Waals surface area contributed by atoms with Gasteiger partial charge in [-0.15, -0.1) is 0 Å². The summed E-state index contributed by atoms with van der Waals surface area (Å²) < 4.78 is 5.38. The first-order valence-electron chi connectivity index (χ1n) is 4.40. The Kier molecular flexibility index (Phi) is 3.25. The van der Waals surface area contributed by atoms with Crippen LogP contribution in [0, 0.1) is 0 Å². The van der Waals surface area contributed by atoms with Crippen molar-refractivity contribution in [3.8, 4) is 5.88 Å². The predicted octanol–water partition coefficient (Wildman–Crippen LogP) is 1.92. The van der Waals surface area contributed by atoms with Gasteiger partial charge in [0.2, 0.25) is 5.88 Å². The molecule has 3 heteroatoms. The first-order valence-corrected chi connectivity index (χ1v) is 4.40. The first-order chi connectivity index (χ1) is 6.09. The summed E-state index contributed by atoms with van der Waals surface area (Å²) >= 11 is 0. The van der Waals surface area contributed by atoms with Crippen molar-refractivity contribution in [3.05, 3.63) is 23.9 Å². The molecule has 3 nitrogen and oxygen atoms in total. The lowest BCUT2D eigenvalue weighted by Gasteiger charge is -2.10. The third-order valence-electron chi connectivity index (χ3n) is 1.60. The third kappa shape index (κ3) is 3.03. The molecule has 0 aliphatic heterocycles. The number of rotatable bonds is 3. The molecule has 13 heavy (non-hydrogen) atoms. The Labute approximate surface area is 78.4 Å². The van der Waals surface area contributed by atoms with E-state index in [0.717, 1.165) is 5.56 Å². The summed E-state index contributed by atoms with van der Waals surface area (Å²) in [4.78, 5) is 4.03. The van der Waals surface area contributed by atoms with Crippen LogP contribution in [0.25, 0.3) is 0 Å². The van der Waals surface area contributed by atoms with Gasteiger partial charge in [0.25, 0.3) is 0 Å². The molecule has 1 heterocycles. The second kappa shape index (κ2) is 4.23. The maximum Gasteiger partial charge on any atom is 0.213 e. The Balaban J connectivity index is 2.79. The number of pyridine rings is 1. The van der Waals surface area contributed by atoms with E-state index in [4.69, 9.17) is 4.74 Å². The standard InChI is InChI=1S/C10H15NO2/c1-7(2)13-10-6-9(8(3)12)4-5-11-10/h4-8,12H,1-3H3. The Morgan fingerprint density at radius 2 is 2.08 bits per heavy atom. The quantitative estimate of drug-likeness (QED) is 0.774. The Morgan fingerprint density at radius 3 is 2.62 bits per heavy atom. The molecule has 0 bridgehead atoms.